The van der Waals surface area contributed by atoms with Gasteiger partial charge in [-0.1, -0.05) is 32.0 Å². The van der Waals surface area contributed by atoms with Crippen LogP contribution in [0.3, 0.4) is 0 Å². The number of aliphatic hydroxyl groups is 1. The van der Waals surface area contributed by atoms with Gasteiger partial charge in [0.15, 0.2) is 0 Å². The summed E-state index contributed by atoms with van der Waals surface area (Å²) in [6, 6.07) is 10.6. The average Bonchev–Trinajstić information content (AvgIpc) is 2.39. The lowest BCUT2D eigenvalue weighted by molar-refractivity contribution is 0.123. The Hall–Kier alpha value is -1.06. The number of benzene rings is 1. The van der Waals surface area contributed by atoms with Gasteiger partial charge in [0.2, 0.25) is 0 Å². The van der Waals surface area contributed by atoms with Crippen molar-refractivity contribution >= 4 is 5.69 Å². The van der Waals surface area contributed by atoms with Crippen LogP contribution in [0.5, 0.6) is 0 Å². The number of nitrogens with one attached hydrogen (secondary N) is 2. The van der Waals surface area contributed by atoms with Crippen LogP contribution in [0.4, 0.5) is 5.69 Å². The molecular weight excluding hydrogens is 224 g/mol. The van der Waals surface area contributed by atoms with E-state index in [4.69, 9.17) is 0 Å². The van der Waals surface area contributed by atoms with Crippen LogP contribution in [0.15, 0.2) is 30.3 Å². The van der Waals surface area contributed by atoms with Gasteiger partial charge in [-0.3, -0.25) is 0 Å². The Kier molecular flexibility index (Phi) is 6.16. The molecule has 0 saturated carbocycles. The van der Waals surface area contributed by atoms with E-state index in [9.17, 15) is 5.11 Å². The lowest BCUT2D eigenvalue weighted by atomic mass is 9.86. The fraction of sp³-hybridized carbons (Fsp3) is 0.600. The first-order valence-corrected chi connectivity index (χ1v) is 6.69. The van der Waals surface area contributed by atoms with Gasteiger partial charge in [-0.25, -0.2) is 0 Å². The predicted molar refractivity (Wildman–Crippen MR) is 77.9 cm³/mol. The minimum Gasteiger partial charge on any atom is -0.396 e. The number of hydrogen-bond donors (Lipinski definition) is 3. The summed E-state index contributed by atoms with van der Waals surface area (Å²) < 4.78 is 0. The van der Waals surface area contributed by atoms with Crippen molar-refractivity contribution in [2.75, 3.05) is 25.0 Å². The molecule has 3 N–H and O–H groups in total. The molecule has 0 bridgehead atoms. The first-order valence-electron chi connectivity index (χ1n) is 6.69. The van der Waals surface area contributed by atoms with E-state index >= 15 is 0 Å². The number of aliphatic hydroxyl groups excluding tert-OH is 1. The summed E-state index contributed by atoms with van der Waals surface area (Å²) in [7, 11) is 0. The molecule has 0 amide bonds. The summed E-state index contributed by atoms with van der Waals surface area (Å²) in [5, 5.41) is 16.1. The molecule has 0 aliphatic carbocycles. The van der Waals surface area contributed by atoms with Crippen LogP contribution < -0.4 is 10.6 Å². The van der Waals surface area contributed by atoms with Crippen molar-refractivity contribution in [3.63, 3.8) is 0 Å². The van der Waals surface area contributed by atoms with Gasteiger partial charge in [-0.2, -0.15) is 0 Å². The monoisotopic (exact) mass is 250 g/mol. The van der Waals surface area contributed by atoms with E-state index in [1.54, 1.807) is 0 Å². The van der Waals surface area contributed by atoms with Crippen LogP contribution in [0, 0.1) is 5.41 Å². The van der Waals surface area contributed by atoms with E-state index in [0.717, 1.165) is 19.5 Å². The SMILES string of the molecule is CC(NCCCNc1ccccc1)C(C)(C)CO. The highest BCUT2D eigenvalue weighted by Crippen LogP contribution is 2.18. The van der Waals surface area contributed by atoms with Crippen LogP contribution in [-0.4, -0.2) is 30.8 Å². The van der Waals surface area contributed by atoms with Gasteiger partial charge in [0, 0.05) is 30.3 Å². The molecule has 1 aromatic carbocycles. The summed E-state index contributed by atoms with van der Waals surface area (Å²) in [5.41, 5.74) is 1.11. The van der Waals surface area contributed by atoms with Gasteiger partial charge >= 0.3 is 0 Å². The van der Waals surface area contributed by atoms with Gasteiger partial charge in [-0.05, 0) is 32.0 Å². The second-order valence-electron chi connectivity index (χ2n) is 5.47. The van der Waals surface area contributed by atoms with Gasteiger partial charge < -0.3 is 15.7 Å². The molecule has 0 heterocycles. The standard InChI is InChI=1S/C15H26N2O/c1-13(15(2,3)12-18)16-10-7-11-17-14-8-5-4-6-9-14/h4-6,8-9,13,16-18H,7,10-12H2,1-3H3. The largest absolute Gasteiger partial charge is 0.396 e. The first kappa shape index (κ1) is 15.0. The molecule has 0 aliphatic heterocycles. The van der Waals surface area contributed by atoms with Crippen LogP contribution in [-0.2, 0) is 0 Å². The van der Waals surface area contributed by atoms with E-state index in [1.165, 1.54) is 5.69 Å². The summed E-state index contributed by atoms with van der Waals surface area (Å²) in [5.74, 6) is 0. The number of anilines is 1. The maximum Gasteiger partial charge on any atom is 0.0496 e. The van der Waals surface area contributed by atoms with Crippen LogP contribution in [0.25, 0.3) is 0 Å². The van der Waals surface area contributed by atoms with E-state index in [1.807, 2.05) is 18.2 Å². The molecule has 102 valence electrons. The smallest absolute Gasteiger partial charge is 0.0496 e. The highest BCUT2D eigenvalue weighted by atomic mass is 16.3. The van der Waals surface area contributed by atoms with Gasteiger partial charge in [0.1, 0.15) is 0 Å². The fourth-order valence-electron chi connectivity index (χ4n) is 1.61. The molecule has 1 atom stereocenters. The Labute approximate surface area is 111 Å². The zero-order valence-electron chi connectivity index (χ0n) is 11.7. The fourth-order valence-corrected chi connectivity index (χ4v) is 1.61. The normalized spacial score (nSPS) is 13.3. The van der Waals surface area contributed by atoms with Crippen molar-refractivity contribution in [2.45, 2.75) is 33.2 Å². The van der Waals surface area contributed by atoms with Gasteiger partial charge in [-0.15, -0.1) is 0 Å². The van der Waals surface area contributed by atoms with Crippen LogP contribution in [0.2, 0.25) is 0 Å². The molecule has 18 heavy (non-hydrogen) atoms. The second-order valence-corrected chi connectivity index (χ2v) is 5.47. The number of hydrogen-bond acceptors (Lipinski definition) is 3. The molecule has 0 fully saturated rings. The lowest BCUT2D eigenvalue weighted by Gasteiger charge is -2.30. The van der Waals surface area contributed by atoms with E-state index in [-0.39, 0.29) is 12.0 Å². The third-order valence-corrected chi connectivity index (χ3v) is 3.49. The van der Waals surface area contributed by atoms with Crippen molar-refractivity contribution < 1.29 is 5.11 Å². The molecule has 3 nitrogen and oxygen atoms in total. The lowest BCUT2D eigenvalue weighted by Crippen LogP contribution is -2.42. The molecule has 0 aromatic heterocycles. The second kappa shape index (κ2) is 7.39. The molecule has 0 saturated heterocycles. The van der Waals surface area contributed by atoms with E-state index < -0.39 is 0 Å². The van der Waals surface area contributed by atoms with Crippen molar-refractivity contribution in [3.8, 4) is 0 Å². The maximum absolute atomic E-state index is 9.26. The predicted octanol–water partition coefficient (Wildman–Crippen LogP) is 2.49. The van der Waals surface area contributed by atoms with Crippen LogP contribution in [0.1, 0.15) is 27.2 Å². The molecule has 3 heteroatoms. The molecule has 0 aliphatic rings. The highest BCUT2D eigenvalue weighted by Gasteiger charge is 2.23. The van der Waals surface area contributed by atoms with E-state index in [2.05, 4.69) is 43.5 Å². The topological polar surface area (TPSA) is 44.3 Å². The molecule has 0 radical (unpaired) electrons. The zero-order chi connectivity index (χ0) is 13.4. The Bertz CT molecular complexity index is 325. The van der Waals surface area contributed by atoms with Gasteiger partial charge in [0.25, 0.3) is 0 Å². The number of para-hydroxylation sites is 1. The summed E-state index contributed by atoms with van der Waals surface area (Å²) in [6.45, 7) is 8.41. The Balaban J connectivity index is 2.12. The average molecular weight is 250 g/mol. The minimum absolute atomic E-state index is 0.0626. The van der Waals surface area contributed by atoms with Crippen molar-refractivity contribution in [3.05, 3.63) is 30.3 Å². The van der Waals surface area contributed by atoms with Crippen LogP contribution >= 0.6 is 0 Å². The number of rotatable bonds is 8. The van der Waals surface area contributed by atoms with E-state index in [0.29, 0.717) is 6.04 Å². The van der Waals surface area contributed by atoms with Crippen molar-refractivity contribution in [2.24, 2.45) is 5.41 Å². The molecule has 1 aromatic rings. The molecule has 0 spiro atoms. The molecular formula is C15H26N2O. The summed E-state index contributed by atoms with van der Waals surface area (Å²) in [6.07, 6.45) is 1.07. The van der Waals surface area contributed by atoms with Crippen molar-refractivity contribution in [1.82, 2.24) is 5.32 Å². The minimum atomic E-state index is -0.0626. The first-order chi connectivity index (χ1) is 8.56. The third kappa shape index (κ3) is 5.07. The third-order valence-electron chi connectivity index (χ3n) is 3.49. The Morgan fingerprint density at radius 2 is 1.83 bits per heavy atom. The van der Waals surface area contributed by atoms with Gasteiger partial charge in [0.05, 0.1) is 0 Å². The Morgan fingerprint density at radius 3 is 2.44 bits per heavy atom. The highest BCUT2D eigenvalue weighted by molar-refractivity contribution is 5.42. The van der Waals surface area contributed by atoms with Crippen molar-refractivity contribution in [1.29, 1.82) is 0 Å². The maximum atomic E-state index is 9.26. The Morgan fingerprint density at radius 1 is 1.17 bits per heavy atom. The quantitative estimate of drug-likeness (QED) is 0.621. The zero-order valence-corrected chi connectivity index (χ0v) is 11.7. The molecule has 1 unspecified atom stereocenters. The molecule has 1 rings (SSSR count). The summed E-state index contributed by atoms with van der Waals surface area (Å²) >= 11 is 0. The summed E-state index contributed by atoms with van der Waals surface area (Å²) in [4.78, 5) is 0.